The normalized spacial score (nSPS) is 13.1. The summed E-state index contributed by atoms with van der Waals surface area (Å²) in [6.07, 6.45) is -0.982. The molecule has 1 atom stereocenters. The molecular formula is C16H18O3S. The van der Waals surface area contributed by atoms with Gasteiger partial charge in [0.05, 0.1) is 17.6 Å². The highest BCUT2D eigenvalue weighted by Gasteiger charge is 2.19. The van der Waals surface area contributed by atoms with Crippen molar-refractivity contribution < 1.29 is 13.5 Å². The number of aliphatic hydroxyl groups is 1. The molecule has 0 fully saturated rings. The maximum absolute atomic E-state index is 12.1. The lowest BCUT2D eigenvalue weighted by atomic mass is 10.1. The molecule has 0 aromatic heterocycles. The van der Waals surface area contributed by atoms with Gasteiger partial charge in [-0.25, -0.2) is 8.42 Å². The van der Waals surface area contributed by atoms with Crippen molar-refractivity contribution in [3.05, 3.63) is 71.3 Å². The van der Waals surface area contributed by atoms with Crippen LogP contribution in [0, 0.1) is 6.92 Å². The van der Waals surface area contributed by atoms with Gasteiger partial charge < -0.3 is 5.11 Å². The van der Waals surface area contributed by atoms with Gasteiger partial charge >= 0.3 is 0 Å². The van der Waals surface area contributed by atoms with Crippen LogP contribution in [0.15, 0.2) is 54.6 Å². The van der Waals surface area contributed by atoms with Crippen molar-refractivity contribution in [2.75, 3.05) is 5.75 Å². The summed E-state index contributed by atoms with van der Waals surface area (Å²) in [5.74, 6) is -0.304. The molecule has 0 radical (unpaired) electrons. The zero-order valence-corrected chi connectivity index (χ0v) is 12.2. The minimum absolute atomic E-state index is 0.0449. The number of aryl methyl sites for hydroxylation is 1. The maximum Gasteiger partial charge on any atom is 0.157 e. The molecule has 1 unspecified atom stereocenters. The molecule has 0 amide bonds. The number of sulfone groups is 1. The zero-order valence-electron chi connectivity index (χ0n) is 11.4. The molecule has 0 spiro atoms. The summed E-state index contributed by atoms with van der Waals surface area (Å²) in [7, 11) is -3.34. The van der Waals surface area contributed by atoms with Gasteiger partial charge in [0, 0.05) is 0 Å². The predicted octanol–water partition coefficient (Wildman–Crippen LogP) is 2.64. The Labute approximate surface area is 119 Å². The first kappa shape index (κ1) is 14.8. The molecule has 2 aromatic carbocycles. The lowest BCUT2D eigenvalue weighted by Crippen LogP contribution is -2.16. The molecule has 4 heteroatoms. The van der Waals surface area contributed by atoms with Crippen molar-refractivity contribution in [1.82, 2.24) is 0 Å². The first-order valence-corrected chi connectivity index (χ1v) is 8.27. The number of hydrogen-bond donors (Lipinski definition) is 1. The van der Waals surface area contributed by atoms with Gasteiger partial charge in [0.25, 0.3) is 0 Å². The van der Waals surface area contributed by atoms with Crippen molar-refractivity contribution in [3.8, 4) is 0 Å². The molecule has 106 valence electrons. The molecular weight excluding hydrogens is 272 g/mol. The smallest absolute Gasteiger partial charge is 0.157 e. The fourth-order valence-electron chi connectivity index (χ4n) is 2.01. The molecule has 2 aromatic rings. The molecule has 0 saturated heterocycles. The van der Waals surface area contributed by atoms with E-state index in [1.165, 1.54) is 0 Å². The van der Waals surface area contributed by atoms with E-state index in [9.17, 15) is 13.5 Å². The average Bonchev–Trinajstić information content (AvgIpc) is 2.39. The van der Waals surface area contributed by atoms with E-state index in [4.69, 9.17) is 0 Å². The summed E-state index contributed by atoms with van der Waals surface area (Å²) >= 11 is 0. The van der Waals surface area contributed by atoms with Gasteiger partial charge in [-0.05, 0) is 18.1 Å². The molecule has 0 aliphatic heterocycles. The molecule has 0 saturated carbocycles. The SMILES string of the molecule is Cc1ccc(C(O)CS(=O)(=O)Cc2ccccc2)cc1. The van der Waals surface area contributed by atoms with Crippen LogP contribution < -0.4 is 0 Å². The van der Waals surface area contributed by atoms with E-state index in [0.717, 1.165) is 11.1 Å². The number of aliphatic hydroxyl groups excluding tert-OH is 1. The minimum Gasteiger partial charge on any atom is -0.387 e. The fourth-order valence-corrected chi connectivity index (χ4v) is 3.50. The van der Waals surface area contributed by atoms with Crippen LogP contribution >= 0.6 is 0 Å². The van der Waals surface area contributed by atoms with Gasteiger partial charge in [-0.1, -0.05) is 60.2 Å². The van der Waals surface area contributed by atoms with Crippen LogP contribution in [0.5, 0.6) is 0 Å². The summed E-state index contributed by atoms with van der Waals surface area (Å²) in [6, 6.07) is 16.3. The molecule has 2 rings (SSSR count). The van der Waals surface area contributed by atoms with E-state index in [1.807, 2.05) is 25.1 Å². The monoisotopic (exact) mass is 290 g/mol. The lowest BCUT2D eigenvalue weighted by Gasteiger charge is -2.12. The number of hydrogen-bond acceptors (Lipinski definition) is 3. The van der Waals surface area contributed by atoms with Gasteiger partial charge in [-0.15, -0.1) is 0 Å². The highest BCUT2D eigenvalue weighted by atomic mass is 32.2. The third kappa shape index (κ3) is 4.18. The van der Waals surface area contributed by atoms with E-state index in [-0.39, 0.29) is 11.5 Å². The van der Waals surface area contributed by atoms with Crippen LogP contribution in [-0.2, 0) is 15.6 Å². The Morgan fingerprint density at radius 1 is 1.00 bits per heavy atom. The van der Waals surface area contributed by atoms with E-state index < -0.39 is 15.9 Å². The quantitative estimate of drug-likeness (QED) is 0.921. The number of rotatable bonds is 5. The second-order valence-electron chi connectivity index (χ2n) is 4.97. The van der Waals surface area contributed by atoms with Crippen LogP contribution in [0.25, 0.3) is 0 Å². The van der Waals surface area contributed by atoms with Crippen molar-refractivity contribution >= 4 is 9.84 Å². The topological polar surface area (TPSA) is 54.4 Å². The standard InChI is InChI=1S/C16H18O3S/c1-13-7-9-15(10-8-13)16(17)12-20(18,19)11-14-5-3-2-4-6-14/h2-10,16-17H,11-12H2,1H3. The third-order valence-corrected chi connectivity index (χ3v) is 4.70. The van der Waals surface area contributed by atoms with Crippen molar-refractivity contribution in [3.63, 3.8) is 0 Å². The first-order chi connectivity index (χ1) is 9.46. The lowest BCUT2D eigenvalue weighted by molar-refractivity contribution is 0.201. The van der Waals surface area contributed by atoms with Crippen LogP contribution in [0.1, 0.15) is 22.8 Å². The molecule has 1 N–H and O–H groups in total. The van der Waals surface area contributed by atoms with E-state index in [2.05, 4.69) is 0 Å². The van der Waals surface area contributed by atoms with Crippen molar-refractivity contribution in [1.29, 1.82) is 0 Å². The summed E-state index contributed by atoms with van der Waals surface area (Å²) < 4.78 is 24.2. The van der Waals surface area contributed by atoms with Crippen molar-refractivity contribution in [2.45, 2.75) is 18.8 Å². The fraction of sp³-hybridized carbons (Fsp3) is 0.250. The Kier molecular flexibility index (Phi) is 4.57. The van der Waals surface area contributed by atoms with Crippen molar-refractivity contribution in [2.24, 2.45) is 0 Å². The first-order valence-electron chi connectivity index (χ1n) is 6.45. The molecule has 0 aliphatic rings. The average molecular weight is 290 g/mol. The molecule has 20 heavy (non-hydrogen) atoms. The molecule has 3 nitrogen and oxygen atoms in total. The summed E-state index contributed by atoms with van der Waals surface area (Å²) in [5.41, 5.74) is 2.45. The van der Waals surface area contributed by atoms with Gasteiger partial charge in [-0.2, -0.15) is 0 Å². The highest BCUT2D eigenvalue weighted by molar-refractivity contribution is 7.90. The Balaban J connectivity index is 2.06. The van der Waals surface area contributed by atoms with E-state index in [1.54, 1.807) is 36.4 Å². The van der Waals surface area contributed by atoms with Crippen LogP contribution in [0.2, 0.25) is 0 Å². The Bertz CT molecular complexity index is 646. The van der Waals surface area contributed by atoms with Crippen LogP contribution in [-0.4, -0.2) is 19.3 Å². The van der Waals surface area contributed by atoms with Gasteiger partial charge in [0.1, 0.15) is 0 Å². The summed E-state index contributed by atoms with van der Waals surface area (Å²) in [6.45, 7) is 1.95. The largest absolute Gasteiger partial charge is 0.387 e. The minimum atomic E-state index is -3.34. The Morgan fingerprint density at radius 3 is 2.20 bits per heavy atom. The Hall–Kier alpha value is -1.65. The Morgan fingerprint density at radius 2 is 1.60 bits per heavy atom. The number of benzene rings is 2. The highest BCUT2D eigenvalue weighted by Crippen LogP contribution is 2.18. The third-order valence-electron chi connectivity index (χ3n) is 3.10. The van der Waals surface area contributed by atoms with Gasteiger partial charge in [0.2, 0.25) is 0 Å². The van der Waals surface area contributed by atoms with Gasteiger partial charge in [0.15, 0.2) is 9.84 Å². The molecule has 0 bridgehead atoms. The zero-order chi connectivity index (χ0) is 14.6. The van der Waals surface area contributed by atoms with E-state index >= 15 is 0 Å². The van der Waals surface area contributed by atoms with E-state index in [0.29, 0.717) is 5.56 Å². The van der Waals surface area contributed by atoms with Crippen LogP contribution in [0.3, 0.4) is 0 Å². The summed E-state index contributed by atoms with van der Waals surface area (Å²) in [4.78, 5) is 0. The molecule has 0 aliphatic carbocycles. The summed E-state index contributed by atoms with van der Waals surface area (Å²) in [5, 5.41) is 10.0. The second kappa shape index (κ2) is 6.20. The second-order valence-corrected chi connectivity index (χ2v) is 7.08. The predicted molar refractivity (Wildman–Crippen MR) is 80.1 cm³/mol. The maximum atomic E-state index is 12.1. The van der Waals surface area contributed by atoms with Crippen LogP contribution in [0.4, 0.5) is 0 Å². The molecule has 0 heterocycles. The van der Waals surface area contributed by atoms with Gasteiger partial charge in [-0.3, -0.25) is 0 Å².